The van der Waals surface area contributed by atoms with Gasteiger partial charge in [0.25, 0.3) is 11.8 Å². The number of nitrogens with zero attached hydrogens (tertiary/aromatic N) is 3. The number of hydrazone groups is 1. The zero-order valence-electron chi connectivity index (χ0n) is 20.9. The van der Waals surface area contributed by atoms with E-state index in [4.69, 9.17) is 4.74 Å². The third-order valence-corrected chi connectivity index (χ3v) is 8.14. The van der Waals surface area contributed by atoms with E-state index in [1.165, 1.54) is 6.21 Å². The molecule has 0 unspecified atom stereocenters. The first kappa shape index (κ1) is 23.1. The van der Waals surface area contributed by atoms with Crippen LogP contribution in [0, 0.1) is 23.2 Å². The SMILES string of the molecule is N#Cc1ccccc1COc1cccc(/C=N\N2C(=O)[C@@H]3C4c5ccccc5C(c5ccccc54)[C@H]3C2=O)c1. The number of hydrogen-bond acceptors (Lipinski definition) is 5. The van der Waals surface area contributed by atoms with Crippen molar-refractivity contribution in [3.63, 3.8) is 0 Å². The molecule has 4 aromatic carbocycles. The topological polar surface area (TPSA) is 82.8 Å². The predicted molar refractivity (Wildman–Crippen MR) is 145 cm³/mol. The monoisotopic (exact) mass is 509 g/mol. The molecule has 0 spiro atoms. The van der Waals surface area contributed by atoms with Crippen LogP contribution in [0.2, 0.25) is 0 Å². The van der Waals surface area contributed by atoms with Crippen molar-refractivity contribution < 1.29 is 14.3 Å². The molecule has 2 amide bonds. The van der Waals surface area contributed by atoms with Crippen LogP contribution < -0.4 is 4.74 Å². The lowest BCUT2D eigenvalue weighted by Gasteiger charge is -2.45. The second-order valence-electron chi connectivity index (χ2n) is 10.1. The molecule has 2 bridgehead atoms. The number of nitriles is 1. The Bertz CT molecular complexity index is 1600. The van der Waals surface area contributed by atoms with Gasteiger partial charge < -0.3 is 4.74 Å². The van der Waals surface area contributed by atoms with Gasteiger partial charge in [0.05, 0.1) is 29.7 Å². The first-order valence-electron chi connectivity index (χ1n) is 13.0. The van der Waals surface area contributed by atoms with E-state index < -0.39 is 11.8 Å². The molecule has 3 aliphatic carbocycles. The Morgan fingerprint density at radius 3 is 1.92 bits per heavy atom. The summed E-state index contributed by atoms with van der Waals surface area (Å²) in [7, 11) is 0. The van der Waals surface area contributed by atoms with Gasteiger partial charge in [-0.3, -0.25) is 9.59 Å². The zero-order chi connectivity index (χ0) is 26.5. The molecule has 4 aliphatic rings. The number of hydrogen-bond donors (Lipinski definition) is 0. The van der Waals surface area contributed by atoms with E-state index in [1.54, 1.807) is 12.1 Å². The highest BCUT2D eigenvalue weighted by Crippen LogP contribution is 2.60. The van der Waals surface area contributed by atoms with E-state index in [-0.39, 0.29) is 30.3 Å². The molecule has 2 atom stereocenters. The maximum Gasteiger partial charge on any atom is 0.254 e. The van der Waals surface area contributed by atoms with Gasteiger partial charge in [-0.2, -0.15) is 15.4 Å². The minimum absolute atomic E-state index is 0.155. The van der Waals surface area contributed by atoms with Gasteiger partial charge in [0.15, 0.2) is 0 Å². The Kier molecular flexibility index (Phi) is 5.38. The molecule has 1 fully saturated rings. The summed E-state index contributed by atoms with van der Waals surface area (Å²) in [4.78, 5) is 27.4. The number of amides is 2. The van der Waals surface area contributed by atoms with Gasteiger partial charge in [0.2, 0.25) is 0 Å². The van der Waals surface area contributed by atoms with Gasteiger partial charge in [-0.25, -0.2) is 0 Å². The Balaban J connectivity index is 1.16. The van der Waals surface area contributed by atoms with Crippen LogP contribution in [0.5, 0.6) is 5.75 Å². The van der Waals surface area contributed by atoms with E-state index in [1.807, 2.05) is 60.7 Å². The summed E-state index contributed by atoms with van der Waals surface area (Å²) < 4.78 is 5.91. The molecular formula is C33H23N3O3. The fraction of sp³-hybridized carbons (Fsp3) is 0.152. The van der Waals surface area contributed by atoms with Crippen LogP contribution in [0.25, 0.3) is 0 Å². The third kappa shape index (κ3) is 3.58. The van der Waals surface area contributed by atoms with Crippen molar-refractivity contribution in [2.45, 2.75) is 18.4 Å². The summed E-state index contributed by atoms with van der Waals surface area (Å²) in [5, 5.41) is 14.8. The molecule has 4 aromatic rings. The van der Waals surface area contributed by atoms with E-state index in [0.29, 0.717) is 16.9 Å². The summed E-state index contributed by atoms with van der Waals surface area (Å²) in [5.74, 6) is -1.13. The van der Waals surface area contributed by atoms with E-state index in [0.717, 1.165) is 32.8 Å². The smallest absolute Gasteiger partial charge is 0.254 e. The Morgan fingerprint density at radius 1 is 0.769 bits per heavy atom. The lowest BCUT2D eigenvalue weighted by atomic mass is 9.55. The van der Waals surface area contributed by atoms with Gasteiger partial charge in [-0.1, -0.05) is 78.9 Å². The summed E-state index contributed by atoms with van der Waals surface area (Å²) in [6.45, 7) is 0.251. The molecule has 1 heterocycles. The Hall–Kier alpha value is -5.02. The average molecular weight is 510 g/mol. The summed E-state index contributed by atoms with van der Waals surface area (Å²) in [6, 6.07) is 33.1. The maximum atomic E-state index is 13.7. The number of rotatable bonds is 5. The van der Waals surface area contributed by atoms with Crippen molar-refractivity contribution in [1.82, 2.24) is 5.01 Å². The Morgan fingerprint density at radius 2 is 1.33 bits per heavy atom. The maximum absolute atomic E-state index is 13.7. The van der Waals surface area contributed by atoms with E-state index >= 15 is 0 Å². The van der Waals surface area contributed by atoms with Gasteiger partial charge in [-0.15, -0.1) is 0 Å². The molecule has 188 valence electrons. The first-order valence-corrected chi connectivity index (χ1v) is 13.0. The van der Waals surface area contributed by atoms with Crippen molar-refractivity contribution in [2.75, 3.05) is 0 Å². The molecule has 8 rings (SSSR count). The number of carbonyl (C=O) groups excluding carboxylic acids is 2. The predicted octanol–water partition coefficient (Wildman–Crippen LogP) is 5.36. The van der Waals surface area contributed by atoms with Gasteiger partial charge in [0, 0.05) is 17.4 Å². The number of carbonyl (C=O) groups is 2. The zero-order valence-corrected chi connectivity index (χ0v) is 20.9. The molecule has 0 N–H and O–H groups in total. The normalized spacial score (nSPS) is 22.4. The van der Waals surface area contributed by atoms with E-state index in [9.17, 15) is 14.9 Å². The molecule has 1 aliphatic heterocycles. The molecule has 0 radical (unpaired) electrons. The van der Waals surface area contributed by atoms with Crippen LogP contribution >= 0.6 is 0 Å². The molecule has 0 saturated carbocycles. The molecular weight excluding hydrogens is 486 g/mol. The number of benzene rings is 4. The minimum Gasteiger partial charge on any atom is -0.489 e. The molecule has 6 heteroatoms. The quantitative estimate of drug-likeness (QED) is 0.268. The van der Waals surface area contributed by atoms with Crippen molar-refractivity contribution >= 4 is 18.0 Å². The lowest BCUT2D eigenvalue weighted by Crippen LogP contribution is -2.41. The van der Waals surface area contributed by atoms with Gasteiger partial charge in [0.1, 0.15) is 12.4 Å². The van der Waals surface area contributed by atoms with Crippen molar-refractivity contribution in [2.24, 2.45) is 16.9 Å². The van der Waals surface area contributed by atoms with Crippen LogP contribution in [0.15, 0.2) is 102 Å². The van der Waals surface area contributed by atoms with Crippen molar-refractivity contribution in [3.8, 4) is 11.8 Å². The fourth-order valence-corrected chi connectivity index (χ4v) is 6.50. The highest BCUT2D eigenvalue weighted by atomic mass is 16.5. The molecule has 39 heavy (non-hydrogen) atoms. The summed E-state index contributed by atoms with van der Waals surface area (Å²) in [5.41, 5.74) is 6.61. The van der Waals surface area contributed by atoms with Crippen LogP contribution in [-0.2, 0) is 16.2 Å². The van der Waals surface area contributed by atoms with Crippen LogP contribution in [0.1, 0.15) is 50.8 Å². The van der Waals surface area contributed by atoms with Crippen molar-refractivity contribution in [1.29, 1.82) is 5.26 Å². The van der Waals surface area contributed by atoms with Crippen molar-refractivity contribution in [3.05, 3.63) is 136 Å². The molecule has 0 aromatic heterocycles. The first-order chi connectivity index (χ1) is 19.2. The molecule has 1 saturated heterocycles. The number of ether oxygens (including phenoxy) is 1. The second kappa shape index (κ2) is 9.07. The van der Waals surface area contributed by atoms with Crippen LogP contribution in [0.4, 0.5) is 0 Å². The second-order valence-corrected chi connectivity index (χ2v) is 10.1. The van der Waals surface area contributed by atoms with Crippen LogP contribution in [0.3, 0.4) is 0 Å². The lowest BCUT2D eigenvalue weighted by molar-refractivity contribution is -0.139. The third-order valence-electron chi connectivity index (χ3n) is 8.14. The molecule has 6 nitrogen and oxygen atoms in total. The largest absolute Gasteiger partial charge is 0.489 e. The van der Waals surface area contributed by atoms with E-state index in [2.05, 4.69) is 35.4 Å². The standard InChI is InChI=1S/C33H23N3O3/c34-17-21-9-1-2-10-22(21)19-39-23-11-7-8-20(16-23)18-35-36-32(37)30-28-24-12-3-4-13-25(24)29(31(30)33(36)38)27-15-6-5-14-26(27)28/h1-16,18,28-31H,19H2/b35-18-/t28?,29?,30-,31-/m1/s1. The highest BCUT2D eigenvalue weighted by molar-refractivity contribution is 6.08. The highest BCUT2D eigenvalue weighted by Gasteiger charge is 2.61. The fourth-order valence-electron chi connectivity index (χ4n) is 6.50. The number of imide groups is 1. The summed E-state index contributed by atoms with van der Waals surface area (Å²) >= 11 is 0. The van der Waals surface area contributed by atoms with Gasteiger partial charge >= 0.3 is 0 Å². The average Bonchev–Trinajstić information content (AvgIpc) is 3.24. The Labute approximate surface area is 225 Å². The van der Waals surface area contributed by atoms with Crippen LogP contribution in [-0.4, -0.2) is 23.0 Å². The summed E-state index contributed by atoms with van der Waals surface area (Å²) in [6.07, 6.45) is 1.53. The van der Waals surface area contributed by atoms with Gasteiger partial charge in [-0.05, 0) is 46.0 Å². The minimum atomic E-state index is -0.459.